The van der Waals surface area contributed by atoms with Crippen molar-refractivity contribution < 1.29 is 4.79 Å². The van der Waals surface area contributed by atoms with E-state index in [2.05, 4.69) is 18.7 Å². The molecule has 76 valence electrons. The Labute approximate surface area is 80.3 Å². The summed E-state index contributed by atoms with van der Waals surface area (Å²) in [6.07, 6.45) is 3.00. The molecule has 0 spiro atoms. The summed E-state index contributed by atoms with van der Waals surface area (Å²) in [6, 6.07) is 0.324. The molecule has 0 radical (unpaired) electrons. The van der Waals surface area contributed by atoms with Crippen molar-refractivity contribution in [3.05, 3.63) is 0 Å². The molecular formula is C10H20N2O. The Morgan fingerprint density at radius 2 is 2.08 bits per heavy atom. The largest absolute Gasteiger partial charge is 0.370 e. The molecule has 0 aromatic rings. The number of carbonyl (C=O) groups excluding carboxylic acids is 1. The molecule has 13 heavy (non-hydrogen) atoms. The van der Waals surface area contributed by atoms with Gasteiger partial charge in [0.25, 0.3) is 0 Å². The zero-order valence-electron chi connectivity index (χ0n) is 8.62. The van der Waals surface area contributed by atoms with E-state index < -0.39 is 0 Å². The minimum Gasteiger partial charge on any atom is -0.370 e. The summed E-state index contributed by atoms with van der Waals surface area (Å²) < 4.78 is 0. The zero-order chi connectivity index (χ0) is 9.84. The van der Waals surface area contributed by atoms with Gasteiger partial charge in [0.05, 0.1) is 0 Å². The standard InChI is InChI=1S/C10H20N2O/c1-8-3-5-12(6-4-8)9(2)7-10(11)13/h8-9H,3-7H2,1-2H3,(H2,11,13). The number of hydrogen-bond donors (Lipinski definition) is 1. The van der Waals surface area contributed by atoms with Crippen molar-refractivity contribution in [3.63, 3.8) is 0 Å². The van der Waals surface area contributed by atoms with E-state index >= 15 is 0 Å². The first-order chi connectivity index (χ1) is 6.09. The van der Waals surface area contributed by atoms with Crippen molar-refractivity contribution in [1.29, 1.82) is 0 Å². The normalized spacial score (nSPS) is 22.9. The molecule has 0 aromatic heterocycles. The molecule has 1 fully saturated rings. The average Bonchev–Trinajstić information content (AvgIpc) is 2.04. The molecule has 3 heteroatoms. The molecular weight excluding hydrogens is 164 g/mol. The maximum Gasteiger partial charge on any atom is 0.218 e. The Hall–Kier alpha value is -0.570. The quantitative estimate of drug-likeness (QED) is 0.710. The molecule has 1 heterocycles. The highest BCUT2D eigenvalue weighted by Crippen LogP contribution is 2.18. The van der Waals surface area contributed by atoms with Crippen LogP contribution in [-0.4, -0.2) is 29.9 Å². The molecule has 1 amide bonds. The van der Waals surface area contributed by atoms with Gasteiger partial charge < -0.3 is 10.6 Å². The lowest BCUT2D eigenvalue weighted by Crippen LogP contribution is -2.41. The number of nitrogens with two attached hydrogens (primary N) is 1. The third-order valence-electron chi connectivity index (χ3n) is 2.94. The highest BCUT2D eigenvalue weighted by Gasteiger charge is 2.20. The van der Waals surface area contributed by atoms with Crippen molar-refractivity contribution in [2.75, 3.05) is 13.1 Å². The zero-order valence-corrected chi connectivity index (χ0v) is 8.62. The SMILES string of the molecule is CC1CCN(C(C)CC(N)=O)CC1. The summed E-state index contributed by atoms with van der Waals surface area (Å²) in [6.45, 7) is 6.61. The minimum atomic E-state index is -0.189. The van der Waals surface area contributed by atoms with Crippen LogP contribution >= 0.6 is 0 Å². The number of carbonyl (C=O) groups is 1. The molecule has 1 aliphatic heterocycles. The number of hydrogen-bond acceptors (Lipinski definition) is 2. The summed E-state index contributed by atoms with van der Waals surface area (Å²) in [5.41, 5.74) is 5.16. The van der Waals surface area contributed by atoms with Crippen molar-refractivity contribution in [2.45, 2.75) is 39.2 Å². The van der Waals surface area contributed by atoms with Crippen LogP contribution in [-0.2, 0) is 4.79 Å². The average molecular weight is 184 g/mol. The van der Waals surface area contributed by atoms with Crippen LogP contribution in [0.4, 0.5) is 0 Å². The van der Waals surface area contributed by atoms with E-state index in [1.165, 1.54) is 12.8 Å². The summed E-state index contributed by atoms with van der Waals surface area (Å²) in [5, 5.41) is 0. The Bertz CT molecular complexity index is 174. The lowest BCUT2D eigenvalue weighted by Gasteiger charge is -2.34. The minimum absolute atomic E-state index is 0.189. The van der Waals surface area contributed by atoms with Gasteiger partial charge in [0, 0.05) is 12.5 Å². The van der Waals surface area contributed by atoms with Gasteiger partial charge in [0.15, 0.2) is 0 Å². The van der Waals surface area contributed by atoms with Gasteiger partial charge in [0.1, 0.15) is 0 Å². The van der Waals surface area contributed by atoms with Crippen LogP contribution in [0.25, 0.3) is 0 Å². The third kappa shape index (κ3) is 3.35. The molecule has 1 atom stereocenters. The maximum atomic E-state index is 10.7. The highest BCUT2D eigenvalue weighted by atomic mass is 16.1. The fourth-order valence-corrected chi connectivity index (χ4v) is 1.89. The van der Waals surface area contributed by atoms with E-state index in [0.29, 0.717) is 12.5 Å². The molecule has 1 saturated heterocycles. The summed E-state index contributed by atoms with van der Waals surface area (Å²) in [4.78, 5) is 13.1. The van der Waals surface area contributed by atoms with Crippen LogP contribution in [0, 0.1) is 5.92 Å². The van der Waals surface area contributed by atoms with Gasteiger partial charge in [0.2, 0.25) is 5.91 Å². The predicted octanol–water partition coefficient (Wildman–Crippen LogP) is 0.982. The molecule has 0 aliphatic carbocycles. The van der Waals surface area contributed by atoms with Crippen LogP contribution in [0.5, 0.6) is 0 Å². The van der Waals surface area contributed by atoms with E-state index in [1.54, 1.807) is 0 Å². The van der Waals surface area contributed by atoms with E-state index in [9.17, 15) is 4.79 Å². The number of nitrogens with zero attached hydrogens (tertiary/aromatic N) is 1. The van der Waals surface area contributed by atoms with Crippen LogP contribution in [0.1, 0.15) is 33.1 Å². The number of primary amides is 1. The first kappa shape index (κ1) is 10.5. The number of piperidine rings is 1. The number of likely N-dealkylation sites (tertiary alicyclic amines) is 1. The summed E-state index contributed by atoms with van der Waals surface area (Å²) >= 11 is 0. The summed E-state index contributed by atoms with van der Waals surface area (Å²) in [7, 11) is 0. The molecule has 1 rings (SSSR count). The Kier molecular flexibility index (Phi) is 3.72. The molecule has 3 nitrogen and oxygen atoms in total. The van der Waals surface area contributed by atoms with Crippen molar-refractivity contribution in [3.8, 4) is 0 Å². The van der Waals surface area contributed by atoms with Crippen LogP contribution in [0.3, 0.4) is 0 Å². The van der Waals surface area contributed by atoms with Crippen molar-refractivity contribution in [1.82, 2.24) is 4.90 Å². The smallest absolute Gasteiger partial charge is 0.218 e. The van der Waals surface area contributed by atoms with E-state index in [1.807, 2.05) is 0 Å². The molecule has 2 N–H and O–H groups in total. The van der Waals surface area contributed by atoms with Crippen LogP contribution in [0.2, 0.25) is 0 Å². The maximum absolute atomic E-state index is 10.7. The lowest BCUT2D eigenvalue weighted by molar-refractivity contribution is -0.119. The lowest BCUT2D eigenvalue weighted by atomic mass is 9.97. The molecule has 0 saturated carbocycles. The van der Waals surface area contributed by atoms with Gasteiger partial charge in [-0.1, -0.05) is 6.92 Å². The fraction of sp³-hybridized carbons (Fsp3) is 0.900. The van der Waals surface area contributed by atoms with Gasteiger partial charge >= 0.3 is 0 Å². The van der Waals surface area contributed by atoms with E-state index in [4.69, 9.17) is 5.73 Å². The topological polar surface area (TPSA) is 46.3 Å². The van der Waals surface area contributed by atoms with Gasteiger partial charge in [-0.25, -0.2) is 0 Å². The first-order valence-corrected chi connectivity index (χ1v) is 5.12. The first-order valence-electron chi connectivity index (χ1n) is 5.12. The number of amides is 1. The van der Waals surface area contributed by atoms with Crippen LogP contribution < -0.4 is 5.73 Å². The second-order valence-corrected chi connectivity index (χ2v) is 4.24. The van der Waals surface area contributed by atoms with Gasteiger partial charge in [-0.05, 0) is 38.8 Å². The van der Waals surface area contributed by atoms with Crippen molar-refractivity contribution >= 4 is 5.91 Å². The second-order valence-electron chi connectivity index (χ2n) is 4.24. The second kappa shape index (κ2) is 4.61. The highest BCUT2D eigenvalue weighted by molar-refractivity contribution is 5.74. The van der Waals surface area contributed by atoms with E-state index in [-0.39, 0.29) is 5.91 Å². The predicted molar refractivity (Wildman–Crippen MR) is 53.2 cm³/mol. The molecule has 1 aliphatic rings. The molecule has 1 unspecified atom stereocenters. The Morgan fingerprint density at radius 3 is 2.54 bits per heavy atom. The third-order valence-corrected chi connectivity index (χ3v) is 2.94. The monoisotopic (exact) mass is 184 g/mol. The van der Waals surface area contributed by atoms with E-state index in [0.717, 1.165) is 19.0 Å². The number of rotatable bonds is 3. The molecule has 0 aromatic carbocycles. The van der Waals surface area contributed by atoms with Gasteiger partial charge in [-0.2, -0.15) is 0 Å². The fourth-order valence-electron chi connectivity index (χ4n) is 1.89. The molecule has 0 bridgehead atoms. The van der Waals surface area contributed by atoms with Crippen LogP contribution in [0.15, 0.2) is 0 Å². The van der Waals surface area contributed by atoms with Gasteiger partial charge in [-0.15, -0.1) is 0 Å². The Morgan fingerprint density at radius 1 is 1.54 bits per heavy atom. The van der Waals surface area contributed by atoms with Crippen molar-refractivity contribution in [2.24, 2.45) is 11.7 Å². The Balaban J connectivity index is 2.31. The van der Waals surface area contributed by atoms with Gasteiger partial charge in [-0.3, -0.25) is 4.79 Å². The summed E-state index contributed by atoms with van der Waals surface area (Å²) in [5.74, 6) is 0.656.